The van der Waals surface area contributed by atoms with Crippen molar-refractivity contribution in [3.8, 4) is 5.75 Å². The van der Waals surface area contributed by atoms with E-state index in [2.05, 4.69) is 40.4 Å². The number of ether oxygens (including phenoxy) is 1. The Balaban J connectivity index is 1.64. The van der Waals surface area contributed by atoms with Crippen LogP contribution in [0.15, 0.2) is 53.6 Å². The number of hydrogen-bond acceptors (Lipinski definition) is 4. The Bertz CT molecular complexity index is 909. The first kappa shape index (κ1) is 16.1. The highest BCUT2D eigenvalue weighted by atomic mass is 32.1. The molecule has 2 aromatic carbocycles. The fraction of sp³-hybridized carbons (Fsp3) is 0.167. The highest BCUT2D eigenvalue weighted by Crippen LogP contribution is 2.14. The van der Waals surface area contributed by atoms with Gasteiger partial charge in [-0.15, -0.1) is 0 Å². The molecule has 24 heavy (non-hydrogen) atoms. The van der Waals surface area contributed by atoms with E-state index in [4.69, 9.17) is 17.0 Å². The largest absolute Gasteiger partial charge is 0.489 e. The predicted molar refractivity (Wildman–Crippen MR) is 97.1 cm³/mol. The van der Waals surface area contributed by atoms with Gasteiger partial charge in [0.15, 0.2) is 0 Å². The molecule has 0 atom stereocenters. The van der Waals surface area contributed by atoms with Crippen LogP contribution in [-0.2, 0) is 6.61 Å². The van der Waals surface area contributed by atoms with Crippen LogP contribution >= 0.6 is 12.2 Å². The average molecular weight is 338 g/mol. The summed E-state index contributed by atoms with van der Waals surface area (Å²) in [5.41, 5.74) is 3.35. The van der Waals surface area contributed by atoms with E-state index in [1.54, 1.807) is 10.9 Å². The third-order valence-electron chi connectivity index (χ3n) is 3.50. The van der Waals surface area contributed by atoms with Crippen LogP contribution < -0.4 is 4.74 Å². The minimum absolute atomic E-state index is 0.474. The van der Waals surface area contributed by atoms with E-state index < -0.39 is 0 Å². The van der Waals surface area contributed by atoms with Crippen molar-refractivity contribution in [2.75, 3.05) is 0 Å². The zero-order chi connectivity index (χ0) is 16.9. The molecule has 0 spiro atoms. The molecule has 3 rings (SSSR count). The number of aromatic nitrogens is 3. The molecule has 1 N–H and O–H groups in total. The van der Waals surface area contributed by atoms with Crippen LogP contribution in [0, 0.1) is 18.6 Å². The molecule has 5 nitrogen and oxygen atoms in total. The molecule has 0 bridgehead atoms. The number of hydrogen-bond donors (Lipinski definition) is 1. The Morgan fingerprint density at radius 3 is 2.67 bits per heavy atom. The van der Waals surface area contributed by atoms with Crippen LogP contribution in [0.2, 0.25) is 0 Å². The first-order valence-electron chi connectivity index (χ1n) is 7.58. The topological polar surface area (TPSA) is 55.2 Å². The molecule has 1 aromatic heterocycles. The Morgan fingerprint density at radius 2 is 2.00 bits per heavy atom. The Hall–Kier alpha value is -2.73. The van der Waals surface area contributed by atoms with Crippen LogP contribution in [-0.4, -0.2) is 21.1 Å². The van der Waals surface area contributed by atoms with Gasteiger partial charge in [0.25, 0.3) is 0 Å². The molecule has 0 saturated carbocycles. The average Bonchev–Trinajstić information content (AvgIpc) is 2.90. The Labute approximate surface area is 145 Å². The van der Waals surface area contributed by atoms with Crippen molar-refractivity contribution in [1.82, 2.24) is 14.9 Å². The van der Waals surface area contributed by atoms with Gasteiger partial charge in [0, 0.05) is 0 Å². The van der Waals surface area contributed by atoms with Gasteiger partial charge in [0.2, 0.25) is 4.77 Å². The lowest BCUT2D eigenvalue weighted by Gasteiger charge is -2.07. The number of aryl methyl sites for hydroxylation is 2. The summed E-state index contributed by atoms with van der Waals surface area (Å²) < 4.78 is 7.86. The summed E-state index contributed by atoms with van der Waals surface area (Å²) in [6.45, 7) is 4.47. The molecule has 0 radical (unpaired) electrons. The van der Waals surface area contributed by atoms with Crippen molar-refractivity contribution < 1.29 is 4.74 Å². The first-order valence-corrected chi connectivity index (χ1v) is 7.99. The van der Waals surface area contributed by atoms with E-state index in [0.29, 0.717) is 17.2 Å². The Kier molecular flexibility index (Phi) is 4.86. The van der Waals surface area contributed by atoms with Gasteiger partial charge < -0.3 is 4.74 Å². The van der Waals surface area contributed by atoms with Crippen molar-refractivity contribution in [2.45, 2.75) is 20.5 Å². The third-order valence-corrected chi connectivity index (χ3v) is 3.77. The van der Waals surface area contributed by atoms with Crippen LogP contribution in [0.25, 0.3) is 0 Å². The standard InChI is InChI=1S/C18H18N4OS/c1-13-4-3-5-16(10-13)12-23-17-8-6-15(7-9-17)11-19-22-14(2)20-21-18(22)24/h3-11H,12H2,1-2H3,(H,21,24)/b19-11-. The van der Waals surface area contributed by atoms with Crippen molar-refractivity contribution in [3.05, 3.63) is 75.8 Å². The molecule has 1 heterocycles. The molecule has 0 saturated heterocycles. The van der Waals surface area contributed by atoms with Crippen molar-refractivity contribution in [1.29, 1.82) is 0 Å². The molecular weight excluding hydrogens is 320 g/mol. The molecule has 0 aliphatic carbocycles. The van der Waals surface area contributed by atoms with Crippen molar-refractivity contribution in [3.63, 3.8) is 0 Å². The van der Waals surface area contributed by atoms with Crippen LogP contribution in [0.3, 0.4) is 0 Å². The van der Waals surface area contributed by atoms with Gasteiger partial charge >= 0.3 is 0 Å². The summed E-state index contributed by atoms with van der Waals surface area (Å²) in [5.74, 6) is 1.54. The zero-order valence-electron chi connectivity index (χ0n) is 13.6. The highest BCUT2D eigenvalue weighted by molar-refractivity contribution is 7.71. The lowest BCUT2D eigenvalue weighted by atomic mass is 10.1. The highest BCUT2D eigenvalue weighted by Gasteiger charge is 1.99. The van der Waals surface area contributed by atoms with E-state index in [1.807, 2.05) is 37.3 Å². The van der Waals surface area contributed by atoms with Gasteiger partial charge in [-0.1, -0.05) is 29.8 Å². The second-order valence-electron chi connectivity index (χ2n) is 5.48. The minimum Gasteiger partial charge on any atom is -0.489 e. The third kappa shape index (κ3) is 3.97. The maximum atomic E-state index is 5.81. The van der Waals surface area contributed by atoms with Crippen LogP contribution in [0.1, 0.15) is 22.5 Å². The monoisotopic (exact) mass is 338 g/mol. The van der Waals surface area contributed by atoms with Gasteiger partial charge in [-0.3, -0.25) is 5.10 Å². The maximum Gasteiger partial charge on any atom is 0.216 e. The molecule has 6 heteroatoms. The Morgan fingerprint density at radius 1 is 1.21 bits per heavy atom. The summed E-state index contributed by atoms with van der Waals surface area (Å²) >= 11 is 5.11. The van der Waals surface area contributed by atoms with Crippen LogP contribution in [0.4, 0.5) is 0 Å². The fourth-order valence-corrected chi connectivity index (χ4v) is 2.47. The van der Waals surface area contributed by atoms with Crippen molar-refractivity contribution >= 4 is 18.4 Å². The summed E-state index contributed by atoms with van der Waals surface area (Å²) in [7, 11) is 0. The summed E-state index contributed by atoms with van der Waals surface area (Å²) in [6.07, 6.45) is 1.74. The number of nitrogens with one attached hydrogen (secondary N) is 1. The fourth-order valence-electron chi connectivity index (χ4n) is 2.25. The number of rotatable bonds is 5. The van der Waals surface area contributed by atoms with Gasteiger partial charge in [-0.05, 0) is 61.5 Å². The van der Waals surface area contributed by atoms with E-state index in [1.165, 1.54) is 5.56 Å². The number of H-pyrrole nitrogens is 1. The molecular formula is C18H18N4OS. The summed E-state index contributed by atoms with van der Waals surface area (Å²) in [4.78, 5) is 0. The lowest BCUT2D eigenvalue weighted by molar-refractivity contribution is 0.306. The summed E-state index contributed by atoms with van der Waals surface area (Å²) in [5, 5.41) is 11.0. The first-order chi connectivity index (χ1) is 11.6. The van der Waals surface area contributed by atoms with Gasteiger partial charge in [0.05, 0.1) is 6.21 Å². The molecule has 0 aliphatic heterocycles. The normalized spacial score (nSPS) is 11.1. The number of benzene rings is 2. The van der Waals surface area contributed by atoms with E-state index in [-0.39, 0.29) is 0 Å². The van der Waals surface area contributed by atoms with Gasteiger partial charge in [-0.2, -0.15) is 14.9 Å². The van der Waals surface area contributed by atoms with Crippen molar-refractivity contribution in [2.24, 2.45) is 5.10 Å². The molecule has 122 valence electrons. The number of nitrogens with zero attached hydrogens (tertiary/aromatic N) is 3. The van der Waals surface area contributed by atoms with Gasteiger partial charge in [-0.25, -0.2) is 0 Å². The number of aromatic amines is 1. The minimum atomic E-state index is 0.474. The lowest BCUT2D eigenvalue weighted by Crippen LogP contribution is -1.96. The summed E-state index contributed by atoms with van der Waals surface area (Å²) in [6, 6.07) is 16.1. The quantitative estimate of drug-likeness (QED) is 0.565. The van der Waals surface area contributed by atoms with Gasteiger partial charge in [0.1, 0.15) is 18.2 Å². The van der Waals surface area contributed by atoms with E-state index >= 15 is 0 Å². The second-order valence-corrected chi connectivity index (χ2v) is 5.87. The van der Waals surface area contributed by atoms with Crippen LogP contribution in [0.5, 0.6) is 5.75 Å². The second kappa shape index (κ2) is 7.23. The van der Waals surface area contributed by atoms with E-state index in [9.17, 15) is 0 Å². The predicted octanol–water partition coefficient (Wildman–Crippen LogP) is 4.02. The molecule has 0 amide bonds. The smallest absolute Gasteiger partial charge is 0.216 e. The molecule has 0 unspecified atom stereocenters. The van der Waals surface area contributed by atoms with E-state index in [0.717, 1.165) is 16.9 Å². The SMILES string of the molecule is Cc1cccc(COc2ccc(/C=N\n3c(C)n[nH]c3=S)cc2)c1. The maximum absolute atomic E-state index is 5.81. The molecule has 0 aliphatic rings. The molecule has 3 aromatic rings. The zero-order valence-corrected chi connectivity index (χ0v) is 14.4. The molecule has 0 fully saturated rings.